The summed E-state index contributed by atoms with van der Waals surface area (Å²) in [6.07, 6.45) is -0.944. The van der Waals surface area contributed by atoms with Gasteiger partial charge in [0.2, 0.25) is 0 Å². The number of rotatable bonds is 4. The summed E-state index contributed by atoms with van der Waals surface area (Å²) in [4.78, 5) is 13.0. The van der Waals surface area contributed by atoms with Crippen molar-refractivity contribution in [3.8, 4) is 34.2 Å². The molecule has 5 rings (SSSR count). The summed E-state index contributed by atoms with van der Waals surface area (Å²) in [5.41, 5.74) is 1.12. The van der Waals surface area contributed by atoms with Gasteiger partial charge < -0.3 is 9.09 Å². The van der Waals surface area contributed by atoms with Gasteiger partial charge in [-0.25, -0.2) is 14.4 Å². The highest BCUT2D eigenvalue weighted by atomic mass is 19.4. The highest BCUT2D eigenvalue weighted by molar-refractivity contribution is 5.65. The average Bonchev–Trinajstić information content (AvgIpc) is 3.40. The molecule has 0 spiro atoms. The molecule has 0 N–H and O–H groups in total. The minimum atomic E-state index is -4.41. The van der Waals surface area contributed by atoms with Gasteiger partial charge >= 0.3 is 6.18 Å². The Labute approximate surface area is 178 Å². The number of hydrogen-bond acceptors (Lipinski definition) is 5. The standard InChI is InChI=1S/C22H13F4N5O/c23-16-4-2-1-3-15(16)20-27-17-9-10-31(11-18(17)28-20)12-19-29-21(32-30-19)13-5-7-14(8-6-13)22(24,25)26/h1-11H,12H2. The van der Waals surface area contributed by atoms with E-state index in [9.17, 15) is 17.6 Å². The summed E-state index contributed by atoms with van der Waals surface area (Å²) in [7, 11) is 0. The lowest BCUT2D eigenvalue weighted by Gasteiger charge is -2.05. The second-order valence-corrected chi connectivity index (χ2v) is 7.01. The Kier molecular flexibility index (Phi) is 4.69. The van der Waals surface area contributed by atoms with E-state index in [4.69, 9.17) is 4.52 Å². The molecular weight excluding hydrogens is 426 g/mol. The third kappa shape index (κ3) is 3.82. The number of benzene rings is 2. The lowest BCUT2D eigenvalue weighted by molar-refractivity contribution is -0.137. The van der Waals surface area contributed by atoms with Crippen LogP contribution in [0.1, 0.15) is 11.4 Å². The van der Waals surface area contributed by atoms with Crippen LogP contribution < -0.4 is 0 Å². The van der Waals surface area contributed by atoms with E-state index in [2.05, 4.69) is 20.1 Å². The Morgan fingerprint density at radius 2 is 1.62 bits per heavy atom. The number of alkyl halides is 3. The first-order valence-electron chi connectivity index (χ1n) is 9.45. The highest BCUT2D eigenvalue weighted by Crippen LogP contribution is 2.31. The molecule has 0 atom stereocenters. The molecule has 0 aliphatic carbocycles. The third-order valence-corrected chi connectivity index (χ3v) is 4.79. The monoisotopic (exact) mass is 439 g/mol. The van der Waals surface area contributed by atoms with Gasteiger partial charge in [0.25, 0.3) is 5.89 Å². The van der Waals surface area contributed by atoms with Gasteiger partial charge in [0.05, 0.1) is 23.4 Å². The molecule has 0 saturated carbocycles. The second kappa shape index (κ2) is 7.56. The predicted octanol–water partition coefficient (Wildman–Crippen LogP) is 5.31. The van der Waals surface area contributed by atoms with Crippen molar-refractivity contribution in [1.82, 2.24) is 24.7 Å². The number of hydrogen-bond donors (Lipinski definition) is 0. The van der Waals surface area contributed by atoms with E-state index in [0.29, 0.717) is 34.2 Å². The van der Waals surface area contributed by atoms with Gasteiger partial charge in [0, 0.05) is 18.0 Å². The molecule has 0 saturated heterocycles. The van der Waals surface area contributed by atoms with Crippen molar-refractivity contribution in [2.45, 2.75) is 12.7 Å². The summed E-state index contributed by atoms with van der Waals surface area (Å²) in [5, 5.41) is 3.89. The minimum absolute atomic E-state index is 0.116. The number of fused-ring (bicyclic) bond motifs is 1. The first kappa shape index (κ1) is 19.9. The smallest absolute Gasteiger partial charge is 0.344 e. The van der Waals surface area contributed by atoms with Crippen LogP contribution in [0.4, 0.5) is 17.6 Å². The van der Waals surface area contributed by atoms with Crippen LogP contribution in [0.15, 0.2) is 71.5 Å². The number of halogens is 4. The van der Waals surface area contributed by atoms with E-state index < -0.39 is 17.6 Å². The van der Waals surface area contributed by atoms with Crippen LogP contribution in [0, 0.1) is 5.82 Å². The third-order valence-electron chi connectivity index (χ3n) is 4.79. The average molecular weight is 439 g/mol. The molecule has 1 aromatic heterocycles. The zero-order valence-corrected chi connectivity index (χ0v) is 16.2. The van der Waals surface area contributed by atoms with E-state index in [0.717, 1.165) is 12.1 Å². The van der Waals surface area contributed by atoms with Crippen molar-refractivity contribution in [2.75, 3.05) is 0 Å². The van der Waals surface area contributed by atoms with E-state index in [1.54, 1.807) is 41.2 Å². The fraction of sp³-hybridized carbons (Fsp3) is 0.0909. The van der Waals surface area contributed by atoms with Crippen LogP contribution in [0.25, 0.3) is 34.2 Å². The van der Waals surface area contributed by atoms with E-state index >= 15 is 0 Å². The normalized spacial score (nSPS) is 11.9. The molecule has 6 nitrogen and oxygen atoms in total. The summed E-state index contributed by atoms with van der Waals surface area (Å²) in [6, 6.07) is 12.5. The molecule has 32 heavy (non-hydrogen) atoms. The molecule has 2 aromatic carbocycles. The van der Waals surface area contributed by atoms with Crippen molar-refractivity contribution in [3.63, 3.8) is 0 Å². The molecule has 0 amide bonds. The van der Waals surface area contributed by atoms with Crippen LogP contribution in [-0.2, 0) is 12.7 Å². The summed E-state index contributed by atoms with van der Waals surface area (Å²) >= 11 is 0. The predicted molar refractivity (Wildman–Crippen MR) is 106 cm³/mol. The van der Waals surface area contributed by atoms with Gasteiger partial charge in [-0.3, -0.25) is 0 Å². The number of nitrogens with zero attached hydrogens (tertiary/aromatic N) is 5. The first-order valence-corrected chi connectivity index (χ1v) is 9.45. The maximum Gasteiger partial charge on any atom is 0.416 e. The van der Waals surface area contributed by atoms with E-state index in [1.807, 2.05) is 0 Å². The molecule has 0 unspecified atom stereocenters. The Bertz CT molecular complexity index is 1360. The maximum absolute atomic E-state index is 14.0. The van der Waals surface area contributed by atoms with Crippen molar-refractivity contribution in [1.29, 1.82) is 0 Å². The fourth-order valence-electron chi connectivity index (χ4n) is 3.21. The van der Waals surface area contributed by atoms with E-state index in [1.165, 1.54) is 18.2 Å². The van der Waals surface area contributed by atoms with Crippen LogP contribution in [0.5, 0.6) is 0 Å². The number of pyridine rings is 1. The number of aromatic nitrogens is 5. The van der Waals surface area contributed by atoms with Crippen LogP contribution in [0.2, 0.25) is 0 Å². The zero-order valence-electron chi connectivity index (χ0n) is 16.2. The highest BCUT2D eigenvalue weighted by Gasteiger charge is 2.30. The Morgan fingerprint density at radius 3 is 2.38 bits per heavy atom. The maximum atomic E-state index is 14.0. The van der Waals surface area contributed by atoms with Crippen LogP contribution >= 0.6 is 0 Å². The number of imidazole rings is 1. The lowest BCUT2D eigenvalue weighted by Crippen LogP contribution is -2.04. The molecule has 10 heteroatoms. The molecule has 0 bridgehead atoms. The molecule has 2 aliphatic rings. The topological polar surface area (TPSA) is 69.6 Å². The summed E-state index contributed by atoms with van der Waals surface area (Å²) in [6.45, 7) is 0.238. The molecule has 160 valence electrons. The second-order valence-electron chi connectivity index (χ2n) is 7.01. The lowest BCUT2D eigenvalue weighted by atomic mass is 10.1. The Hall–Kier alpha value is -4.08. The van der Waals surface area contributed by atoms with Gasteiger partial charge in [0.1, 0.15) is 11.5 Å². The van der Waals surface area contributed by atoms with Gasteiger partial charge in [-0.2, -0.15) is 18.2 Å². The quantitative estimate of drug-likeness (QED) is 0.355. The Morgan fingerprint density at radius 1 is 0.875 bits per heavy atom. The molecule has 3 heterocycles. The van der Waals surface area contributed by atoms with Gasteiger partial charge in [-0.1, -0.05) is 17.3 Å². The molecule has 2 aliphatic heterocycles. The molecule has 0 fully saturated rings. The van der Waals surface area contributed by atoms with Gasteiger partial charge in [-0.15, -0.1) is 0 Å². The van der Waals surface area contributed by atoms with Gasteiger partial charge in [-0.05, 0) is 42.5 Å². The van der Waals surface area contributed by atoms with Crippen molar-refractivity contribution in [3.05, 3.63) is 84.2 Å². The summed E-state index contributed by atoms with van der Waals surface area (Å²) < 4.78 is 59.1. The largest absolute Gasteiger partial charge is 0.416 e. The van der Waals surface area contributed by atoms with Crippen LogP contribution in [0.3, 0.4) is 0 Å². The minimum Gasteiger partial charge on any atom is -0.344 e. The van der Waals surface area contributed by atoms with Crippen molar-refractivity contribution in [2.24, 2.45) is 0 Å². The summed E-state index contributed by atoms with van der Waals surface area (Å²) in [5.74, 6) is 0.335. The first-order chi connectivity index (χ1) is 15.4. The molecular formula is C22H13F4N5O. The van der Waals surface area contributed by atoms with Crippen molar-refractivity contribution >= 4 is 0 Å². The van der Waals surface area contributed by atoms with Crippen molar-refractivity contribution < 1.29 is 22.1 Å². The van der Waals surface area contributed by atoms with Crippen LogP contribution in [-0.4, -0.2) is 24.7 Å². The Balaban J connectivity index is 1.37. The molecule has 3 aromatic rings. The fourth-order valence-corrected chi connectivity index (χ4v) is 3.21. The zero-order chi connectivity index (χ0) is 22.3. The SMILES string of the molecule is Fc1ccccc1-c1nc2ccn(Cc3noc(-c4ccc(C(F)(F)F)cc4)n3)cc-2n1. The van der Waals surface area contributed by atoms with E-state index in [-0.39, 0.29) is 12.4 Å². The van der Waals surface area contributed by atoms with Gasteiger partial charge in [0.15, 0.2) is 11.6 Å². The molecule has 0 radical (unpaired) electrons.